The zero-order valence-corrected chi connectivity index (χ0v) is 11.4. The first-order valence-electron chi connectivity index (χ1n) is 5.89. The minimum atomic E-state index is 0.468. The lowest BCUT2D eigenvalue weighted by Gasteiger charge is -2.09. The molecule has 1 aliphatic heterocycles. The fourth-order valence-electron chi connectivity index (χ4n) is 2.09. The lowest BCUT2D eigenvalue weighted by Crippen LogP contribution is -2.18. The molecule has 5 nitrogen and oxygen atoms in total. The van der Waals surface area contributed by atoms with Gasteiger partial charge in [-0.1, -0.05) is 6.07 Å². The summed E-state index contributed by atoms with van der Waals surface area (Å²) in [7, 11) is 0. The van der Waals surface area contributed by atoms with Crippen LogP contribution in [0.1, 0.15) is 12.8 Å². The zero-order valence-electron chi connectivity index (χ0n) is 9.77. The fourth-order valence-corrected chi connectivity index (χ4v) is 2.46. The van der Waals surface area contributed by atoms with Gasteiger partial charge in [-0.05, 0) is 46.1 Å². The Morgan fingerprint density at radius 2 is 2.06 bits per heavy atom. The summed E-state index contributed by atoms with van der Waals surface area (Å²) in [6, 6.07) is 5.66. The van der Waals surface area contributed by atoms with Crippen molar-refractivity contribution in [2.45, 2.75) is 12.8 Å². The van der Waals surface area contributed by atoms with Gasteiger partial charge in [-0.15, -0.1) is 0 Å². The quantitative estimate of drug-likeness (QED) is 0.864. The van der Waals surface area contributed by atoms with Gasteiger partial charge in [-0.2, -0.15) is 4.98 Å². The van der Waals surface area contributed by atoms with E-state index in [1.165, 1.54) is 12.8 Å². The van der Waals surface area contributed by atoms with Crippen molar-refractivity contribution in [3.8, 4) is 11.5 Å². The van der Waals surface area contributed by atoms with Gasteiger partial charge in [-0.25, -0.2) is 0 Å². The van der Waals surface area contributed by atoms with Crippen molar-refractivity contribution in [2.24, 2.45) is 0 Å². The predicted molar refractivity (Wildman–Crippen MR) is 73.3 cm³/mol. The molecule has 1 aliphatic rings. The van der Waals surface area contributed by atoms with E-state index in [1.54, 1.807) is 0 Å². The van der Waals surface area contributed by atoms with E-state index in [0.717, 1.165) is 23.1 Å². The molecule has 1 aromatic carbocycles. The molecule has 18 heavy (non-hydrogen) atoms. The van der Waals surface area contributed by atoms with Gasteiger partial charge in [0, 0.05) is 17.6 Å². The van der Waals surface area contributed by atoms with Crippen LogP contribution in [0.2, 0.25) is 0 Å². The highest BCUT2D eigenvalue weighted by atomic mass is 79.9. The molecule has 0 amide bonds. The van der Waals surface area contributed by atoms with Gasteiger partial charge in [0.15, 0.2) is 0 Å². The maximum atomic E-state index is 5.99. The Morgan fingerprint density at radius 3 is 2.83 bits per heavy atom. The lowest BCUT2D eigenvalue weighted by molar-refractivity contribution is 0.430. The minimum Gasteiger partial charge on any atom is -0.397 e. The van der Waals surface area contributed by atoms with E-state index >= 15 is 0 Å². The van der Waals surface area contributed by atoms with E-state index in [1.807, 2.05) is 18.2 Å². The van der Waals surface area contributed by atoms with Gasteiger partial charge < -0.3 is 15.2 Å². The van der Waals surface area contributed by atoms with Crippen LogP contribution in [-0.2, 0) is 0 Å². The number of nitrogens with two attached hydrogens (primary N) is 1. The van der Waals surface area contributed by atoms with Gasteiger partial charge in [-0.3, -0.25) is 0 Å². The van der Waals surface area contributed by atoms with Crippen LogP contribution in [0, 0.1) is 0 Å². The maximum absolute atomic E-state index is 5.99. The number of hydrogen-bond acceptors (Lipinski definition) is 5. The second kappa shape index (κ2) is 4.61. The molecule has 0 spiro atoms. The number of benzene rings is 1. The SMILES string of the molecule is Nc1c(Br)cccc1-c1nc(N2CCCC2)no1. The van der Waals surface area contributed by atoms with E-state index < -0.39 is 0 Å². The highest BCUT2D eigenvalue weighted by Gasteiger charge is 2.19. The van der Waals surface area contributed by atoms with E-state index in [0.29, 0.717) is 17.5 Å². The monoisotopic (exact) mass is 308 g/mol. The maximum Gasteiger partial charge on any atom is 0.266 e. The van der Waals surface area contributed by atoms with Gasteiger partial charge in [0.25, 0.3) is 11.8 Å². The lowest BCUT2D eigenvalue weighted by atomic mass is 10.2. The highest BCUT2D eigenvalue weighted by molar-refractivity contribution is 9.10. The number of halogens is 1. The Kier molecular flexibility index (Phi) is 2.95. The van der Waals surface area contributed by atoms with Crippen molar-refractivity contribution in [3.05, 3.63) is 22.7 Å². The van der Waals surface area contributed by atoms with Gasteiger partial charge in [0.2, 0.25) is 0 Å². The molecular formula is C12H13BrN4O. The number of rotatable bonds is 2. The predicted octanol–water partition coefficient (Wildman–Crippen LogP) is 2.68. The second-order valence-corrected chi connectivity index (χ2v) is 5.15. The summed E-state index contributed by atoms with van der Waals surface area (Å²) in [6.07, 6.45) is 2.37. The number of hydrogen-bond donors (Lipinski definition) is 1. The summed E-state index contributed by atoms with van der Waals surface area (Å²) in [4.78, 5) is 6.54. The van der Waals surface area contributed by atoms with Crippen molar-refractivity contribution in [1.82, 2.24) is 10.1 Å². The first kappa shape index (κ1) is 11.5. The van der Waals surface area contributed by atoms with E-state index in [4.69, 9.17) is 10.3 Å². The van der Waals surface area contributed by atoms with Crippen LogP contribution in [0.4, 0.5) is 11.6 Å². The topological polar surface area (TPSA) is 68.2 Å². The van der Waals surface area contributed by atoms with Crippen LogP contribution in [0.3, 0.4) is 0 Å². The van der Waals surface area contributed by atoms with E-state index in [2.05, 4.69) is 31.0 Å². The van der Waals surface area contributed by atoms with Crippen LogP contribution >= 0.6 is 15.9 Å². The average molecular weight is 309 g/mol. The van der Waals surface area contributed by atoms with Crippen molar-refractivity contribution in [3.63, 3.8) is 0 Å². The molecule has 0 unspecified atom stereocenters. The van der Waals surface area contributed by atoms with Crippen molar-refractivity contribution in [2.75, 3.05) is 23.7 Å². The Bertz CT molecular complexity index is 563. The molecule has 0 bridgehead atoms. The molecule has 1 saturated heterocycles. The summed E-state index contributed by atoms with van der Waals surface area (Å²) in [5, 5.41) is 4.01. The van der Waals surface area contributed by atoms with Crippen molar-refractivity contribution in [1.29, 1.82) is 0 Å². The van der Waals surface area contributed by atoms with Crippen molar-refractivity contribution >= 4 is 27.6 Å². The smallest absolute Gasteiger partial charge is 0.266 e. The number of nitrogens with zero attached hydrogens (tertiary/aromatic N) is 3. The number of para-hydroxylation sites is 1. The average Bonchev–Trinajstić information content (AvgIpc) is 3.01. The van der Waals surface area contributed by atoms with Crippen molar-refractivity contribution < 1.29 is 4.52 Å². The molecular weight excluding hydrogens is 296 g/mol. The number of nitrogen functional groups attached to an aromatic ring is 1. The molecule has 1 aromatic heterocycles. The molecule has 3 rings (SSSR count). The van der Waals surface area contributed by atoms with Crippen LogP contribution in [-0.4, -0.2) is 23.2 Å². The van der Waals surface area contributed by atoms with E-state index in [-0.39, 0.29) is 0 Å². The zero-order chi connectivity index (χ0) is 12.5. The van der Waals surface area contributed by atoms with Gasteiger partial charge in [0.1, 0.15) is 0 Å². The molecule has 0 radical (unpaired) electrons. The molecule has 1 fully saturated rings. The first-order valence-corrected chi connectivity index (χ1v) is 6.68. The molecule has 0 atom stereocenters. The minimum absolute atomic E-state index is 0.468. The first-order chi connectivity index (χ1) is 8.75. The normalized spacial score (nSPS) is 15.3. The third-order valence-corrected chi connectivity index (χ3v) is 3.78. The molecule has 0 aliphatic carbocycles. The summed E-state index contributed by atoms with van der Waals surface area (Å²) in [5.74, 6) is 1.12. The molecule has 0 saturated carbocycles. The fraction of sp³-hybridized carbons (Fsp3) is 0.333. The highest BCUT2D eigenvalue weighted by Crippen LogP contribution is 2.31. The Balaban J connectivity index is 1.95. The summed E-state index contributed by atoms with van der Waals surface area (Å²) >= 11 is 3.39. The standard InChI is InChI=1S/C12H13BrN4O/c13-9-5-3-4-8(10(9)14)11-15-12(16-18-11)17-6-1-2-7-17/h3-5H,1-2,6-7,14H2. The second-order valence-electron chi connectivity index (χ2n) is 4.29. The number of anilines is 2. The molecule has 2 heterocycles. The van der Waals surface area contributed by atoms with E-state index in [9.17, 15) is 0 Å². The summed E-state index contributed by atoms with van der Waals surface area (Å²) in [5.41, 5.74) is 7.37. The Hall–Kier alpha value is -1.56. The summed E-state index contributed by atoms with van der Waals surface area (Å²) in [6.45, 7) is 1.99. The van der Waals surface area contributed by atoms with Crippen LogP contribution in [0.5, 0.6) is 0 Å². The summed E-state index contributed by atoms with van der Waals surface area (Å²) < 4.78 is 6.13. The molecule has 2 aromatic rings. The van der Waals surface area contributed by atoms with Crippen LogP contribution in [0.15, 0.2) is 27.2 Å². The molecule has 2 N–H and O–H groups in total. The third kappa shape index (κ3) is 1.96. The van der Waals surface area contributed by atoms with Gasteiger partial charge in [0.05, 0.1) is 11.3 Å². The largest absolute Gasteiger partial charge is 0.397 e. The number of aromatic nitrogens is 2. The van der Waals surface area contributed by atoms with Gasteiger partial charge >= 0.3 is 0 Å². The third-order valence-electron chi connectivity index (χ3n) is 3.09. The van der Waals surface area contributed by atoms with Crippen LogP contribution < -0.4 is 10.6 Å². The Morgan fingerprint density at radius 1 is 1.28 bits per heavy atom. The Labute approximate surface area is 113 Å². The molecule has 6 heteroatoms. The molecule has 94 valence electrons. The van der Waals surface area contributed by atoms with Crippen LogP contribution in [0.25, 0.3) is 11.5 Å².